The summed E-state index contributed by atoms with van der Waals surface area (Å²) in [5.74, 6) is 0.0455. The van der Waals surface area contributed by atoms with E-state index in [9.17, 15) is 9.59 Å². The Morgan fingerprint density at radius 3 is 2.60 bits per heavy atom. The Hall–Kier alpha value is -2.85. The molecule has 1 saturated heterocycles. The molecule has 2 amide bonds. The fourth-order valence-electron chi connectivity index (χ4n) is 4.21. The number of hydrogen-bond acceptors (Lipinski definition) is 2. The maximum absolute atomic E-state index is 12.5. The first kappa shape index (κ1) is 20.4. The van der Waals surface area contributed by atoms with E-state index in [4.69, 9.17) is 11.6 Å². The lowest BCUT2D eigenvalue weighted by Crippen LogP contribution is -2.44. The molecular weight excluding hydrogens is 396 g/mol. The third kappa shape index (κ3) is 5.00. The van der Waals surface area contributed by atoms with Gasteiger partial charge in [0.2, 0.25) is 11.8 Å². The lowest BCUT2D eigenvalue weighted by molar-refractivity contribution is -0.122. The third-order valence-electron chi connectivity index (χ3n) is 5.80. The minimum absolute atomic E-state index is 0.0194. The van der Waals surface area contributed by atoms with Gasteiger partial charge in [-0.05, 0) is 53.3 Å². The molecule has 2 N–H and O–H groups in total. The predicted molar refractivity (Wildman–Crippen MR) is 120 cm³/mol. The van der Waals surface area contributed by atoms with Gasteiger partial charge >= 0.3 is 0 Å². The molecular formula is C25H25ClN2O2. The van der Waals surface area contributed by atoms with Crippen molar-refractivity contribution in [3.8, 4) is 0 Å². The molecule has 4 nitrogen and oxygen atoms in total. The van der Waals surface area contributed by atoms with Gasteiger partial charge in [-0.15, -0.1) is 0 Å². The highest BCUT2D eigenvalue weighted by molar-refractivity contribution is 6.30. The summed E-state index contributed by atoms with van der Waals surface area (Å²) in [5.41, 5.74) is 1.78. The van der Waals surface area contributed by atoms with E-state index in [1.807, 2.05) is 36.4 Å². The molecule has 3 aromatic rings. The molecule has 1 fully saturated rings. The van der Waals surface area contributed by atoms with Gasteiger partial charge in [0.15, 0.2) is 0 Å². The van der Waals surface area contributed by atoms with E-state index < -0.39 is 0 Å². The molecule has 4 rings (SSSR count). The number of carbonyl (C=O) groups excluding carboxylic acids is 2. The highest BCUT2D eigenvalue weighted by Crippen LogP contribution is 2.30. The van der Waals surface area contributed by atoms with Crippen LogP contribution in [0.2, 0.25) is 5.02 Å². The zero-order valence-corrected chi connectivity index (χ0v) is 17.5. The smallest absolute Gasteiger partial charge is 0.220 e. The van der Waals surface area contributed by atoms with Crippen LogP contribution >= 0.6 is 11.6 Å². The molecule has 1 atom stereocenters. The number of amides is 2. The Bertz CT molecular complexity index is 1080. The maximum Gasteiger partial charge on any atom is 0.220 e. The van der Waals surface area contributed by atoms with Crippen LogP contribution in [0, 0.1) is 0 Å². The van der Waals surface area contributed by atoms with Crippen LogP contribution in [0.15, 0.2) is 66.7 Å². The van der Waals surface area contributed by atoms with E-state index in [1.54, 1.807) is 0 Å². The van der Waals surface area contributed by atoms with Gasteiger partial charge in [0.25, 0.3) is 0 Å². The summed E-state index contributed by atoms with van der Waals surface area (Å²) in [6, 6.07) is 22.1. The van der Waals surface area contributed by atoms with Crippen molar-refractivity contribution in [1.29, 1.82) is 0 Å². The fourth-order valence-corrected chi connectivity index (χ4v) is 4.42. The second kappa shape index (κ2) is 8.88. The number of benzene rings is 3. The standard InChI is InChI=1S/C25H25ClN2O2/c26-22-7-3-4-19(15-22)17-27-23(29)10-12-25(13-11-24(30)28-25)16-18-8-9-20-5-1-2-6-21(20)14-18/h1-9,14-15H,10-13,16-17H2,(H,27,29)(H,28,30)/t25-/m0/s1. The number of carbonyl (C=O) groups is 2. The topological polar surface area (TPSA) is 58.2 Å². The van der Waals surface area contributed by atoms with Gasteiger partial charge < -0.3 is 10.6 Å². The van der Waals surface area contributed by atoms with Crippen molar-refractivity contribution in [3.63, 3.8) is 0 Å². The molecule has 1 heterocycles. The highest BCUT2D eigenvalue weighted by atomic mass is 35.5. The van der Waals surface area contributed by atoms with Crippen molar-refractivity contribution in [2.45, 2.75) is 44.2 Å². The van der Waals surface area contributed by atoms with E-state index in [2.05, 4.69) is 41.0 Å². The number of halogens is 1. The molecule has 0 radical (unpaired) electrons. The molecule has 0 aliphatic carbocycles. The van der Waals surface area contributed by atoms with Gasteiger partial charge in [-0.3, -0.25) is 9.59 Å². The van der Waals surface area contributed by atoms with Crippen molar-refractivity contribution in [2.24, 2.45) is 0 Å². The predicted octanol–water partition coefficient (Wildman–Crippen LogP) is 4.78. The molecule has 0 spiro atoms. The van der Waals surface area contributed by atoms with E-state index in [1.165, 1.54) is 16.3 Å². The highest BCUT2D eigenvalue weighted by Gasteiger charge is 2.37. The van der Waals surface area contributed by atoms with Crippen molar-refractivity contribution < 1.29 is 9.59 Å². The average Bonchev–Trinajstić information content (AvgIpc) is 3.11. The van der Waals surface area contributed by atoms with Crippen LogP contribution in [0.25, 0.3) is 10.8 Å². The van der Waals surface area contributed by atoms with Crippen molar-refractivity contribution in [1.82, 2.24) is 10.6 Å². The van der Waals surface area contributed by atoms with Crippen molar-refractivity contribution >= 4 is 34.2 Å². The number of nitrogens with one attached hydrogen (secondary N) is 2. The molecule has 154 valence electrons. The van der Waals surface area contributed by atoms with Gasteiger partial charge in [0.05, 0.1) is 0 Å². The van der Waals surface area contributed by atoms with Crippen LogP contribution in [0.3, 0.4) is 0 Å². The van der Waals surface area contributed by atoms with Gasteiger partial charge in [-0.25, -0.2) is 0 Å². The second-order valence-electron chi connectivity index (χ2n) is 8.09. The quantitative estimate of drug-likeness (QED) is 0.577. The minimum Gasteiger partial charge on any atom is -0.352 e. The normalized spacial score (nSPS) is 18.4. The van der Waals surface area contributed by atoms with Crippen molar-refractivity contribution in [2.75, 3.05) is 0 Å². The SMILES string of the molecule is O=C(CC[C@@]1(Cc2ccc3ccccc3c2)CCC(=O)N1)NCc1cccc(Cl)c1. The van der Waals surface area contributed by atoms with Crippen LogP contribution in [-0.2, 0) is 22.6 Å². The van der Waals surface area contributed by atoms with Crippen molar-refractivity contribution in [3.05, 3.63) is 82.9 Å². The van der Waals surface area contributed by atoms with E-state index in [-0.39, 0.29) is 17.4 Å². The molecule has 0 aromatic heterocycles. The largest absolute Gasteiger partial charge is 0.352 e. The summed E-state index contributed by atoms with van der Waals surface area (Å²) < 4.78 is 0. The van der Waals surface area contributed by atoms with Crippen LogP contribution < -0.4 is 10.6 Å². The molecule has 30 heavy (non-hydrogen) atoms. The zero-order valence-electron chi connectivity index (χ0n) is 16.8. The minimum atomic E-state index is -0.368. The monoisotopic (exact) mass is 420 g/mol. The molecule has 3 aromatic carbocycles. The Morgan fingerprint density at radius 1 is 1.00 bits per heavy atom. The molecule has 0 bridgehead atoms. The third-order valence-corrected chi connectivity index (χ3v) is 6.04. The van der Waals surface area contributed by atoms with Gasteiger partial charge in [0, 0.05) is 29.9 Å². The summed E-state index contributed by atoms with van der Waals surface area (Å²) in [5, 5.41) is 9.17. The van der Waals surface area contributed by atoms with Gasteiger partial charge in [-0.1, -0.05) is 66.2 Å². The lowest BCUT2D eigenvalue weighted by atomic mass is 9.84. The van der Waals surface area contributed by atoms with E-state index in [0.29, 0.717) is 30.8 Å². The first-order valence-corrected chi connectivity index (χ1v) is 10.7. The number of fused-ring (bicyclic) bond motifs is 1. The zero-order chi connectivity index (χ0) is 21.0. The summed E-state index contributed by atoms with van der Waals surface area (Å²) in [6.07, 6.45) is 2.98. The summed E-state index contributed by atoms with van der Waals surface area (Å²) >= 11 is 6.00. The Kier molecular flexibility index (Phi) is 6.05. The van der Waals surface area contributed by atoms with Gasteiger partial charge in [-0.2, -0.15) is 0 Å². The Labute approximate surface area is 181 Å². The van der Waals surface area contributed by atoms with Gasteiger partial charge in [0.1, 0.15) is 0 Å². The Balaban J connectivity index is 1.40. The van der Waals surface area contributed by atoms with Crippen LogP contribution in [-0.4, -0.2) is 17.4 Å². The van der Waals surface area contributed by atoms with Crippen LogP contribution in [0.1, 0.15) is 36.8 Å². The summed E-state index contributed by atoms with van der Waals surface area (Å²) in [6.45, 7) is 0.448. The molecule has 5 heteroatoms. The first-order valence-electron chi connectivity index (χ1n) is 10.3. The molecule has 0 unspecified atom stereocenters. The molecule has 0 saturated carbocycles. The summed E-state index contributed by atoms with van der Waals surface area (Å²) in [7, 11) is 0. The second-order valence-corrected chi connectivity index (χ2v) is 8.53. The Morgan fingerprint density at radius 2 is 1.83 bits per heavy atom. The number of rotatable bonds is 7. The van der Waals surface area contributed by atoms with Crippen LogP contribution in [0.5, 0.6) is 0 Å². The fraction of sp³-hybridized carbons (Fsp3) is 0.280. The first-order chi connectivity index (χ1) is 14.5. The van der Waals surface area contributed by atoms with E-state index in [0.717, 1.165) is 18.4 Å². The average molecular weight is 421 g/mol. The molecule has 1 aliphatic rings. The molecule has 1 aliphatic heterocycles. The summed E-state index contributed by atoms with van der Waals surface area (Å²) in [4.78, 5) is 24.5. The van der Waals surface area contributed by atoms with Crippen LogP contribution in [0.4, 0.5) is 0 Å². The van der Waals surface area contributed by atoms with E-state index >= 15 is 0 Å². The number of hydrogen-bond donors (Lipinski definition) is 2. The lowest BCUT2D eigenvalue weighted by Gasteiger charge is -2.29. The maximum atomic E-state index is 12.5.